The lowest BCUT2D eigenvalue weighted by molar-refractivity contribution is -0.116. The zero-order chi connectivity index (χ0) is 13.0. The molecule has 6 nitrogen and oxygen atoms in total. The highest BCUT2D eigenvalue weighted by Gasteiger charge is 2.14. The summed E-state index contributed by atoms with van der Waals surface area (Å²) >= 11 is 0. The first-order chi connectivity index (χ1) is 7.97. The lowest BCUT2D eigenvalue weighted by atomic mass is 10.2. The SMILES string of the molecule is CCCCC(=O)Nc1c(C)nn(C(=N)N)c1C.Cl. The summed E-state index contributed by atoms with van der Waals surface area (Å²) in [7, 11) is 0. The maximum absolute atomic E-state index is 11.6. The van der Waals surface area contributed by atoms with E-state index in [1.807, 2.05) is 6.92 Å². The first kappa shape index (κ1) is 16.4. The Balaban J connectivity index is 0.00000289. The van der Waals surface area contributed by atoms with Crippen LogP contribution in [0.15, 0.2) is 0 Å². The van der Waals surface area contributed by atoms with Crippen LogP contribution in [0.25, 0.3) is 0 Å². The smallest absolute Gasteiger partial charge is 0.224 e. The molecule has 0 spiro atoms. The van der Waals surface area contributed by atoms with Crippen LogP contribution in [0, 0.1) is 19.3 Å². The first-order valence-electron chi connectivity index (χ1n) is 5.67. The zero-order valence-electron chi connectivity index (χ0n) is 10.9. The van der Waals surface area contributed by atoms with Crippen molar-refractivity contribution in [3.63, 3.8) is 0 Å². The lowest BCUT2D eigenvalue weighted by Gasteiger charge is -2.05. The predicted molar refractivity (Wildman–Crippen MR) is 74.4 cm³/mol. The molecule has 0 aliphatic carbocycles. The third kappa shape index (κ3) is 3.73. The Morgan fingerprint density at radius 1 is 1.50 bits per heavy atom. The Hall–Kier alpha value is -1.56. The Labute approximate surface area is 113 Å². The van der Waals surface area contributed by atoms with E-state index in [4.69, 9.17) is 11.1 Å². The molecule has 1 amide bonds. The van der Waals surface area contributed by atoms with Gasteiger partial charge in [-0.25, -0.2) is 4.68 Å². The first-order valence-corrected chi connectivity index (χ1v) is 5.67. The van der Waals surface area contributed by atoms with E-state index in [9.17, 15) is 4.79 Å². The second-order valence-corrected chi connectivity index (χ2v) is 3.99. The van der Waals surface area contributed by atoms with E-state index in [-0.39, 0.29) is 24.3 Å². The molecule has 1 aromatic heterocycles. The lowest BCUT2D eigenvalue weighted by Crippen LogP contribution is -2.23. The molecule has 0 atom stereocenters. The van der Waals surface area contributed by atoms with Gasteiger partial charge in [-0.3, -0.25) is 10.2 Å². The maximum Gasteiger partial charge on any atom is 0.224 e. The van der Waals surface area contributed by atoms with Crippen molar-refractivity contribution < 1.29 is 4.79 Å². The van der Waals surface area contributed by atoms with Crippen molar-refractivity contribution in [2.45, 2.75) is 40.0 Å². The molecule has 0 saturated heterocycles. The fourth-order valence-electron chi connectivity index (χ4n) is 1.60. The van der Waals surface area contributed by atoms with Gasteiger partial charge in [-0.2, -0.15) is 5.10 Å². The number of hydrogen-bond acceptors (Lipinski definition) is 3. The van der Waals surface area contributed by atoms with E-state index in [2.05, 4.69) is 10.4 Å². The van der Waals surface area contributed by atoms with Crippen molar-refractivity contribution in [1.82, 2.24) is 9.78 Å². The van der Waals surface area contributed by atoms with Gasteiger partial charge in [0, 0.05) is 6.42 Å². The number of nitrogen functional groups attached to an aromatic ring is 1. The van der Waals surface area contributed by atoms with Crippen LogP contribution in [0.4, 0.5) is 5.69 Å². The molecule has 0 fully saturated rings. The molecule has 7 heteroatoms. The van der Waals surface area contributed by atoms with Crippen LogP contribution in [0.3, 0.4) is 0 Å². The molecule has 102 valence electrons. The summed E-state index contributed by atoms with van der Waals surface area (Å²) in [6.07, 6.45) is 2.35. The zero-order valence-corrected chi connectivity index (χ0v) is 11.7. The molecule has 0 aliphatic heterocycles. The fourth-order valence-corrected chi connectivity index (χ4v) is 1.60. The van der Waals surface area contributed by atoms with Crippen molar-refractivity contribution in [2.24, 2.45) is 5.73 Å². The highest BCUT2D eigenvalue weighted by Crippen LogP contribution is 2.19. The summed E-state index contributed by atoms with van der Waals surface area (Å²) in [6, 6.07) is 0. The molecule has 0 aliphatic rings. The van der Waals surface area contributed by atoms with E-state index in [0.717, 1.165) is 12.8 Å². The fraction of sp³-hybridized carbons (Fsp3) is 0.545. The molecule has 1 aromatic rings. The summed E-state index contributed by atoms with van der Waals surface area (Å²) in [6.45, 7) is 5.59. The van der Waals surface area contributed by atoms with Gasteiger partial charge in [0.2, 0.25) is 11.9 Å². The minimum atomic E-state index is -0.153. The second kappa shape index (κ2) is 7.00. The van der Waals surface area contributed by atoms with Crippen LogP contribution < -0.4 is 11.1 Å². The minimum Gasteiger partial charge on any atom is -0.368 e. The average molecular weight is 274 g/mol. The summed E-state index contributed by atoms with van der Waals surface area (Å²) in [4.78, 5) is 11.6. The normalized spacial score (nSPS) is 9.72. The molecule has 1 rings (SSSR count). The third-order valence-electron chi connectivity index (χ3n) is 2.54. The third-order valence-corrected chi connectivity index (χ3v) is 2.54. The van der Waals surface area contributed by atoms with E-state index in [1.54, 1.807) is 13.8 Å². The molecular weight excluding hydrogens is 254 g/mol. The highest BCUT2D eigenvalue weighted by molar-refractivity contribution is 5.92. The number of carbonyl (C=O) groups is 1. The largest absolute Gasteiger partial charge is 0.368 e. The Bertz CT molecular complexity index is 441. The molecule has 0 bridgehead atoms. The predicted octanol–water partition coefficient (Wildman–Crippen LogP) is 1.79. The topological polar surface area (TPSA) is 96.8 Å². The summed E-state index contributed by atoms with van der Waals surface area (Å²) in [5.41, 5.74) is 7.38. The number of nitrogens with zero attached hydrogens (tertiary/aromatic N) is 2. The van der Waals surface area contributed by atoms with Gasteiger partial charge in [-0.1, -0.05) is 13.3 Å². The molecule has 0 radical (unpaired) electrons. The molecule has 0 aromatic carbocycles. The number of rotatable bonds is 4. The number of nitrogens with one attached hydrogen (secondary N) is 2. The number of halogens is 1. The monoisotopic (exact) mass is 273 g/mol. The van der Waals surface area contributed by atoms with Gasteiger partial charge in [0.05, 0.1) is 17.1 Å². The van der Waals surface area contributed by atoms with E-state index >= 15 is 0 Å². The van der Waals surface area contributed by atoms with Gasteiger partial charge >= 0.3 is 0 Å². The minimum absolute atomic E-state index is 0. The number of nitrogens with two attached hydrogens (primary N) is 1. The quantitative estimate of drug-likeness (QED) is 0.576. The van der Waals surface area contributed by atoms with Crippen molar-refractivity contribution >= 4 is 30.0 Å². The van der Waals surface area contributed by atoms with Crippen molar-refractivity contribution in [1.29, 1.82) is 5.41 Å². The standard InChI is InChI=1S/C11H19N5O.ClH/c1-4-5-6-9(17)14-10-7(2)15-16(8(10)3)11(12)13;/h4-6H2,1-3H3,(H3,12,13)(H,14,17);1H. The number of amides is 1. The molecule has 18 heavy (non-hydrogen) atoms. The maximum atomic E-state index is 11.6. The number of aromatic nitrogens is 2. The molecule has 0 unspecified atom stereocenters. The Morgan fingerprint density at radius 2 is 2.11 bits per heavy atom. The van der Waals surface area contributed by atoms with E-state index in [0.29, 0.717) is 23.5 Å². The molecule has 1 heterocycles. The van der Waals surface area contributed by atoms with Gasteiger partial charge in [-0.15, -0.1) is 12.4 Å². The number of anilines is 1. The number of hydrogen-bond donors (Lipinski definition) is 3. The Morgan fingerprint density at radius 3 is 2.56 bits per heavy atom. The highest BCUT2D eigenvalue weighted by atomic mass is 35.5. The van der Waals surface area contributed by atoms with Crippen LogP contribution in [0.2, 0.25) is 0 Å². The molecule has 4 N–H and O–H groups in total. The Kier molecular flexibility index (Phi) is 6.40. The van der Waals surface area contributed by atoms with Gasteiger partial charge in [0.1, 0.15) is 0 Å². The second-order valence-electron chi connectivity index (χ2n) is 3.99. The number of aryl methyl sites for hydroxylation is 1. The van der Waals surface area contributed by atoms with Crippen LogP contribution in [0.1, 0.15) is 37.6 Å². The molecular formula is C11H20ClN5O. The average Bonchev–Trinajstić information content (AvgIpc) is 2.54. The van der Waals surface area contributed by atoms with Gasteiger partial charge in [0.25, 0.3) is 0 Å². The van der Waals surface area contributed by atoms with Crippen LogP contribution >= 0.6 is 12.4 Å². The van der Waals surface area contributed by atoms with Gasteiger partial charge in [0.15, 0.2) is 0 Å². The van der Waals surface area contributed by atoms with Gasteiger partial charge in [-0.05, 0) is 20.3 Å². The summed E-state index contributed by atoms with van der Waals surface area (Å²) < 4.78 is 1.31. The van der Waals surface area contributed by atoms with Crippen molar-refractivity contribution in [3.8, 4) is 0 Å². The number of carbonyl (C=O) groups excluding carboxylic acids is 1. The summed E-state index contributed by atoms with van der Waals surface area (Å²) in [5, 5.41) is 14.3. The van der Waals surface area contributed by atoms with E-state index < -0.39 is 0 Å². The van der Waals surface area contributed by atoms with Crippen LogP contribution in [-0.4, -0.2) is 21.6 Å². The van der Waals surface area contributed by atoms with Gasteiger partial charge < -0.3 is 11.1 Å². The van der Waals surface area contributed by atoms with Crippen LogP contribution in [0.5, 0.6) is 0 Å². The van der Waals surface area contributed by atoms with Crippen molar-refractivity contribution in [2.75, 3.05) is 5.32 Å². The van der Waals surface area contributed by atoms with Crippen molar-refractivity contribution in [3.05, 3.63) is 11.4 Å². The van der Waals surface area contributed by atoms with Crippen LogP contribution in [-0.2, 0) is 4.79 Å². The van der Waals surface area contributed by atoms with E-state index in [1.165, 1.54) is 4.68 Å². The summed E-state index contributed by atoms with van der Waals surface area (Å²) in [5.74, 6) is -0.180. The molecule has 0 saturated carbocycles. The number of unbranched alkanes of at least 4 members (excludes halogenated alkanes) is 1.